The number of sulfonamides is 1. The van der Waals surface area contributed by atoms with E-state index in [1.54, 1.807) is 18.5 Å². The van der Waals surface area contributed by atoms with Crippen molar-refractivity contribution < 1.29 is 8.42 Å². The predicted molar refractivity (Wildman–Crippen MR) is 72.0 cm³/mol. The van der Waals surface area contributed by atoms with Gasteiger partial charge in [0.25, 0.3) is 0 Å². The summed E-state index contributed by atoms with van der Waals surface area (Å²) in [7, 11) is -3.68. The first kappa shape index (κ1) is 14.0. The van der Waals surface area contributed by atoms with Crippen molar-refractivity contribution >= 4 is 21.6 Å². The van der Waals surface area contributed by atoms with E-state index in [1.807, 2.05) is 0 Å². The Kier molecular flexibility index (Phi) is 4.20. The van der Waals surface area contributed by atoms with Gasteiger partial charge in [0.2, 0.25) is 10.0 Å². The third-order valence-corrected chi connectivity index (χ3v) is 4.42. The number of nitrogens with two attached hydrogens (primary N) is 1. The van der Waals surface area contributed by atoms with Crippen LogP contribution in [-0.2, 0) is 23.1 Å². The van der Waals surface area contributed by atoms with E-state index in [9.17, 15) is 8.42 Å². The average molecular weight is 301 g/mol. The van der Waals surface area contributed by atoms with E-state index in [0.717, 1.165) is 5.56 Å². The highest BCUT2D eigenvalue weighted by Crippen LogP contribution is 2.22. The summed E-state index contributed by atoms with van der Waals surface area (Å²) >= 11 is 5.92. The summed E-state index contributed by atoms with van der Waals surface area (Å²) < 4.78 is 26.8. The van der Waals surface area contributed by atoms with Gasteiger partial charge in [-0.15, -0.1) is 0 Å². The topological polar surface area (TPSA) is 101 Å². The Balaban J connectivity index is 2.23. The Bertz CT molecular complexity index is 655. The van der Waals surface area contributed by atoms with E-state index in [1.165, 1.54) is 12.1 Å². The van der Waals surface area contributed by atoms with Crippen molar-refractivity contribution in [1.29, 1.82) is 0 Å². The van der Waals surface area contributed by atoms with Crippen LogP contribution in [0.5, 0.6) is 0 Å². The number of hydrogen-bond acceptors (Lipinski definition) is 4. The summed E-state index contributed by atoms with van der Waals surface area (Å²) in [6.07, 6.45) is 3.15. The molecule has 1 heterocycles. The zero-order valence-corrected chi connectivity index (χ0v) is 11.5. The van der Waals surface area contributed by atoms with Crippen LogP contribution in [0.2, 0.25) is 5.02 Å². The maximum Gasteiger partial charge on any atom is 0.242 e. The third kappa shape index (κ3) is 3.32. The van der Waals surface area contributed by atoms with Gasteiger partial charge >= 0.3 is 0 Å². The molecule has 0 bridgehead atoms. The van der Waals surface area contributed by atoms with Crippen LogP contribution in [-0.4, -0.2) is 18.6 Å². The maximum absolute atomic E-state index is 12.1. The van der Waals surface area contributed by atoms with Crippen LogP contribution >= 0.6 is 11.6 Å². The first-order valence-corrected chi connectivity index (χ1v) is 7.35. The number of rotatable bonds is 5. The molecule has 0 unspecified atom stereocenters. The SMILES string of the molecule is NCc1ccc(Cl)c(S(=O)(=O)NCc2cn[nH]c2)c1. The number of benzene rings is 1. The summed E-state index contributed by atoms with van der Waals surface area (Å²) in [5.41, 5.74) is 6.93. The number of nitrogens with zero attached hydrogens (tertiary/aromatic N) is 1. The molecule has 0 saturated heterocycles. The van der Waals surface area contributed by atoms with Gasteiger partial charge in [-0.2, -0.15) is 5.10 Å². The van der Waals surface area contributed by atoms with Gasteiger partial charge in [0.15, 0.2) is 0 Å². The van der Waals surface area contributed by atoms with Crippen LogP contribution in [0.15, 0.2) is 35.5 Å². The number of hydrogen-bond donors (Lipinski definition) is 3. The van der Waals surface area contributed by atoms with Crippen LogP contribution in [0.1, 0.15) is 11.1 Å². The standard InChI is InChI=1S/C11H13ClN4O2S/c12-10-2-1-8(4-13)3-11(10)19(17,18)16-7-9-5-14-15-6-9/h1-3,5-6,16H,4,7,13H2,(H,14,15). The Morgan fingerprint density at radius 2 is 2.16 bits per heavy atom. The molecule has 102 valence electrons. The van der Waals surface area contributed by atoms with Crippen molar-refractivity contribution in [3.8, 4) is 0 Å². The lowest BCUT2D eigenvalue weighted by molar-refractivity contribution is 0.581. The summed E-state index contributed by atoms with van der Waals surface area (Å²) in [5.74, 6) is 0. The van der Waals surface area contributed by atoms with Gasteiger partial charge in [-0.1, -0.05) is 17.7 Å². The van der Waals surface area contributed by atoms with Gasteiger partial charge in [0.1, 0.15) is 4.90 Å². The maximum atomic E-state index is 12.1. The normalized spacial score (nSPS) is 11.7. The van der Waals surface area contributed by atoms with Crippen molar-refractivity contribution in [3.63, 3.8) is 0 Å². The second-order valence-electron chi connectivity index (χ2n) is 3.90. The summed E-state index contributed by atoms with van der Waals surface area (Å²) in [4.78, 5) is 0.0283. The quantitative estimate of drug-likeness (QED) is 0.767. The molecular formula is C11H13ClN4O2S. The Morgan fingerprint density at radius 1 is 1.37 bits per heavy atom. The van der Waals surface area contributed by atoms with Crippen molar-refractivity contribution in [2.45, 2.75) is 18.0 Å². The first-order valence-electron chi connectivity index (χ1n) is 5.49. The fourth-order valence-electron chi connectivity index (χ4n) is 1.51. The van der Waals surface area contributed by atoms with Crippen LogP contribution in [0.4, 0.5) is 0 Å². The molecule has 2 rings (SSSR count). The lowest BCUT2D eigenvalue weighted by Gasteiger charge is -2.09. The number of H-pyrrole nitrogens is 1. The zero-order chi connectivity index (χ0) is 13.9. The minimum atomic E-state index is -3.68. The van der Waals surface area contributed by atoms with Gasteiger partial charge < -0.3 is 5.73 Å². The molecule has 8 heteroatoms. The summed E-state index contributed by atoms with van der Waals surface area (Å²) in [6.45, 7) is 0.392. The first-order chi connectivity index (χ1) is 9.03. The Labute approximate surface area is 116 Å². The van der Waals surface area contributed by atoms with Crippen LogP contribution < -0.4 is 10.5 Å². The highest BCUT2D eigenvalue weighted by atomic mass is 35.5. The molecule has 1 aromatic heterocycles. The molecule has 2 aromatic rings. The van der Waals surface area contributed by atoms with Crippen molar-refractivity contribution in [3.05, 3.63) is 46.7 Å². The number of aromatic amines is 1. The molecular weight excluding hydrogens is 288 g/mol. The monoisotopic (exact) mass is 300 g/mol. The molecule has 0 aliphatic rings. The van der Waals surface area contributed by atoms with E-state index in [0.29, 0.717) is 5.56 Å². The summed E-state index contributed by atoms with van der Waals surface area (Å²) in [6, 6.07) is 4.69. The smallest absolute Gasteiger partial charge is 0.242 e. The highest BCUT2D eigenvalue weighted by molar-refractivity contribution is 7.89. The number of nitrogens with one attached hydrogen (secondary N) is 2. The summed E-state index contributed by atoms with van der Waals surface area (Å²) in [5, 5.41) is 6.51. The van der Waals surface area contributed by atoms with E-state index in [-0.39, 0.29) is 23.0 Å². The minimum Gasteiger partial charge on any atom is -0.326 e. The van der Waals surface area contributed by atoms with E-state index < -0.39 is 10.0 Å². The average Bonchev–Trinajstić information content (AvgIpc) is 2.90. The molecule has 0 aliphatic carbocycles. The Morgan fingerprint density at radius 3 is 2.79 bits per heavy atom. The predicted octanol–water partition coefficient (Wildman–Crippen LogP) is 1.00. The van der Waals surface area contributed by atoms with Crippen molar-refractivity contribution in [2.75, 3.05) is 0 Å². The third-order valence-electron chi connectivity index (χ3n) is 2.54. The molecule has 0 atom stereocenters. The molecule has 4 N–H and O–H groups in total. The molecule has 0 spiro atoms. The molecule has 0 amide bonds. The number of halogens is 1. The van der Waals surface area contributed by atoms with E-state index in [2.05, 4.69) is 14.9 Å². The minimum absolute atomic E-state index is 0.0283. The Hall–Kier alpha value is -1.41. The second-order valence-corrected chi connectivity index (χ2v) is 6.04. The molecule has 6 nitrogen and oxygen atoms in total. The van der Waals surface area contributed by atoms with Crippen LogP contribution in [0.25, 0.3) is 0 Å². The van der Waals surface area contributed by atoms with Gasteiger partial charge in [-0.3, -0.25) is 5.10 Å². The van der Waals surface area contributed by atoms with Crippen LogP contribution in [0.3, 0.4) is 0 Å². The van der Waals surface area contributed by atoms with Gasteiger partial charge in [0.05, 0.1) is 11.2 Å². The van der Waals surface area contributed by atoms with Crippen LogP contribution in [0, 0.1) is 0 Å². The largest absolute Gasteiger partial charge is 0.326 e. The molecule has 0 saturated carbocycles. The van der Waals surface area contributed by atoms with E-state index >= 15 is 0 Å². The van der Waals surface area contributed by atoms with Gasteiger partial charge in [-0.25, -0.2) is 13.1 Å². The molecule has 19 heavy (non-hydrogen) atoms. The number of aromatic nitrogens is 2. The highest BCUT2D eigenvalue weighted by Gasteiger charge is 2.18. The van der Waals surface area contributed by atoms with Gasteiger partial charge in [0, 0.05) is 24.8 Å². The lowest BCUT2D eigenvalue weighted by Crippen LogP contribution is -2.23. The molecule has 0 fully saturated rings. The lowest BCUT2D eigenvalue weighted by atomic mass is 10.2. The fraction of sp³-hybridized carbons (Fsp3) is 0.182. The molecule has 0 aliphatic heterocycles. The molecule has 1 aromatic carbocycles. The van der Waals surface area contributed by atoms with E-state index in [4.69, 9.17) is 17.3 Å². The van der Waals surface area contributed by atoms with Crippen molar-refractivity contribution in [2.24, 2.45) is 5.73 Å². The van der Waals surface area contributed by atoms with Crippen molar-refractivity contribution in [1.82, 2.24) is 14.9 Å². The van der Waals surface area contributed by atoms with Gasteiger partial charge in [-0.05, 0) is 17.7 Å². The molecule has 0 radical (unpaired) electrons. The zero-order valence-electron chi connectivity index (χ0n) is 9.93. The fourth-order valence-corrected chi connectivity index (χ4v) is 3.08. The second kappa shape index (κ2) is 5.70.